The third-order valence-electron chi connectivity index (χ3n) is 5.40. The van der Waals surface area contributed by atoms with E-state index in [-0.39, 0.29) is 0 Å². The van der Waals surface area contributed by atoms with E-state index < -0.39 is 0 Å². The van der Waals surface area contributed by atoms with Crippen LogP contribution in [0.4, 0.5) is 0 Å². The summed E-state index contributed by atoms with van der Waals surface area (Å²) in [6.07, 6.45) is 0. The average Bonchev–Trinajstić information content (AvgIpc) is 3.41. The number of aromatic nitrogens is 6. The van der Waals surface area contributed by atoms with Gasteiger partial charge in [0.15, 0.2) is 0 Å². The Morgan fingerprint density at radius 2 is 1.80 bits per heavy atom. The zero-order chi connectivity index (χ0) is 20.8. The van der Waals surface area contributed by atoms with Gasteiger partial charge in [0.05, 0.1) is 23.3 Å². The first-order chi connectivity index (χ1) is 14.5. The van der Waals surface area contributed by atoms with Gasteiger partial charge in [0.2, 0.25) is 5.82 Å². The molecule has 0 spiro atoms. The summed E-state index contributed by atoms with van der Waals surface area (Å²) in [4.78, 5) is 9.21. The molecule has 0 aliphatic carbocycles. The lowest BCUT2D eigenvalue weighted by molar-refractivity contribution is 0.432. The van der Waals surface area contributed by atoms with Crippen molar-refractivity contribution in [2.24, 2.45) is 7.05 Å². The topological polar surface area (TPSA) is 74.6 Å². The number of rotatable bonds is 4. The second-order valence-electron chi connectivity index (χ2n) is 7.63. The van der Waals surface area contributed by atoms with Crippen LogP contribution in [0, 0.1) is 20.8 Å². The maximum atomic E-state index is 5.56. The molecule has 0 aliphatic heterocycles. The molecule has 0 bridgehead atoms. The normalized spacial score (nSPS) is 11.5. The molecule has 2 aromatic carbocycles. The number of nitrogens with zero attached hydrogens (tertiary/aromatic N) is 6. The molecule has 30 heavy (non-hydrogen) atoms. The highest BCUT2D eigenvalue weighted by atomic mass is 16.5. The first-order valence-corrected chi connectivity index (χ1v) is 9.85. The van der Waals surface area contributed by atoms with E-state index in [0.717, 1.165) is 44.9 Å². The molecule has 0 fully saturated rings. The van der Waals surface area contributed by atoms with Crippen LogP contribution < -0.4 is 0 Å². The van der Waals surface area contributed by atoms with Gasteiger partial charge in [-0.25, -0.2) is 4.98 Å². The lowest BCUT2D eigenvalue weighted by atomic mass is 10.1. The Morgan fingerprint density at radius 1 is 0.933 bits per heavy atom. The summed E-state index contributed by atoms with van der Waals surface area (Å²) in [7, 11) is 2.01. The van der Waals surface area contributed by atoms with Crippen molar-refractivity contribution in [3.05, 3.63) is 71.3 Å². The minimum atomic E-state index is 0.485. The molecular formula is C23H22N6O. The monoisotopic (exact) mass is 398 g/mol. The molecule has 3 aromatic heterocycles. The lowest BCUT2D eigenvalue weighted by Crippen LogP contribution is -2.04. The number of benzene rings is 2. The van der Waals surface area contributed by atoms with E-state index >= 15 is 0 Å². The van der Waals surface area contributed by atoms with E-state index in [1.807, 2.05) is 55.9 Å². The summed E-state index contributed by atoms with van der Waals surface area (Å²) in [5, 5.41) is 8.74. The summed E-state index contributed by atoms with van der Waals surface area (Å²) in [5.41, 5.74) is 7.06. The van der Waals surface area contributed by atoms with Crippen LogP contribution in [0.15, 0.2) is 53.1 Å². The molecule has 0 amide bonds. The van der Waals surface area contributed by atoms with Gasteiger partial charge in [0, 0.05) is 23.9 Å². The Bertz CT molecular complexity index is 1370. The van der Waals surface area contributed by atoms with Crippen LogP contribution in [0.2, 0.25) is 0 Å². The number of fused-ring (bicyclic) bond motifs is 1. The summed E-state index contributed by atoms with van der Waals surface area (Å²) in [6, 6.07) is 16.2. The molecule has 5 rings (SSSR count). The molecule has 0 radical (unpaired) electrons. The Labute approximate surface area is 174 Å². The van der Waals surface area contributed by atoms with Gasteiger partial charge < -0.3 is 9.09 Å². The van der Waals surface area contributed by atoms with E-state index in [1.165, 1.54) is 0 Å². The Balaban J connectivity index is 1.45. The van der Waals surface area contributed by atoms with Gasteiger partial charge in [0.1, 0.15) is 5.82 Å². The van der Waals surface area contributed by atoms with Gasteiger partial charge in [-0.05, 0) is 56.7 Å². The molecule has 0 saturated heterocycles. The number of imidazole rings is 1. The first kappa shape index (κ1) is 18.3. The third kappa shape index (κ3) is 3.18. The molecule has 7 nitrogen and oxygen atoms in total. The van der Waals surface area contributed by atoms with E-state index in [2.05, 4.69) is 49.9 Å². The van der Waals surface area contributed by atoms with E-state index in [1.54, 1.807) is 0 Å². The number of aryl methyl sites for hydroxylation is 4. The van der Waals surface area contributed by atoms with E-state index in [9.17, 15) is 0 Å². The molecule has 5 aromatic rings. The second kappa shape index (κ2) is 6.95. The maximum absolute atomic E-state index is 5.56. The zero-order valence-corrected chi connectivity index (χ0v) is 17.4. The van der Waals surface area contributed by atoms with Gasteiger partial charge in [-0.2, -0.15) is 10.1 Å². The van der Waals surface area contributed by atoms with Crippen LogP contribution >= 0.6 is 0 Å². The molecule has 0 aliphatic rings. The fourth-order valence-electron chi connectivity index (χ4n) is 3.73. The van der Waals surface area contributed by atoms with Gasteiger partial charge in [0.25, 0.3) is 5.89 Å². The van der Waals surface area contributed by atoms with Crippen molar-refractivity contribution in [1.29, 1.82) is 0 Å². The molecule has 0 N–H and O–H groups in total. The van der Waals surface area contributed by atoms with Crippen LogP contribution in [0.25, 0.3) is 33.9 Å². The fraction of sp³-hybridized carbons (Fsp3) is 0.217. The molecule has 0 atom stereocenters. The summed E-state index contributed by atoms with van der Waals surface area (Å²) >= 11 is 0. The lowest BCUT2D eigenvalue weighted by Gasteiger charge is -2.05. The first-order valence-electron chi connectivity index (χ1n) is 9.85. The predicted molar refractivity (Wildman–Crippen MR) is 115 cm³/mol. The summed E-state index contributed by atoms with van der Waals surface area (Å²) in [5.74, 6) is 2.02. The molecule has 0 saturated carbocycles. The highest BCUT2D eigenvalue weighted by Crippen LogP contribution is 2.26. The smallest absolute Gasteiger partial charge is 0.258 e. The fourth-order valence-corrected chi connectivity index (χ4v) is 3.73. The Kier molecular flexibility index (Phi) is 4.24. The Morgan fingerprint density at radius 3 is 2.60 bits per heavy atom. The van der Waals surface area contributed by atoms with Crippen LogP contribution in [0.3, 0.4) is 0 Å². The largest absolute Gasteiger partial charge is 0.334 e. The maximum Gasteiger partial charge on any atom is 0.258 e. The second-order valence-corrected chi connectivity index (χ2v) is 7.63. The van der Waals surface area contributed by atoms with Crippen LogP contribution in [-0.2, 0) is 13.6 Å². The van der Waals surface area contributed by atoms with E-state index in [0.29, 0.717) is 18.3 Å². The highest BCUT2D eigenvalue weighted by molar-refractivity contribution is 5.81. The van der Waals surface area contributed by atoms with E-state index in [4.69, 9.17) is 4.52 Å². The summed E-state index contributed by atoms with van der Waals surface area (Å²) in [6.45, 7) is 6.76. The molecular weight excluding hydrogens is 376 g/mol. The average molecular weight is 398 g/mol. The Hall–Kier alpha value is -3.74. The summed E-state index contributed by atoms with van der Waals surface area (Å²) < 4.78 is 9.62. The highest BCUT2D eigenvalue weighted by Gasteiger charge is 2.13. The molecule has 0 unspecified atom stereocenters. The quantitative estimate of drug-likeness (QED) is 0.447. The van der Waals surface area contributed by atoms with Gasteiger partial charge in [-0.3, -0.25) is 4.68 Å². The van der Waals surface area contributed by atoms with Crippen molar-refractivity contribution in [3.8, 4) is 22.8 Å². The van der Waals surface area contributed by atoms with Gasteiger partial charge in [-0.1, -0.05) is 23.4 Å². The van der Waals surface area contributed by atoms with Gasteiger partial charge in [-0.15, -0.1) is 0 Å². The van der Waals surface area contributed by atoms with Crippen molar-refractivity contribution in [2.75, 3.05) is 0 Å². The van der Waals surface area contributed by atoms with Crippen molar-refractivity contribution < 1.29 is 4.52 Å². The third-order valence-corrected chi connectivity index (χ3v) is 5.40. The van der Waals surface area contributed by atoms with Crippen molar-refractivity contribution >= 4 is 11.0 Å². The molecule has 150 valence electrons. The van der Waals surface area contributed by atoms with Crippen molar-refractivity contribution in [3.63, 3.8) is 0 Å². The SMILES string of the molecule is Cc1cc(C)n(Cc2cccc(-c3noc(-c4ccc5c(c4)nc(C)n5C)n3)c2)n1. The minimum Gasteiger partial charge on any atom is -0.334 e. The minimum absolute atomic E-state index is 0.485. The number of hydrogen-bond donors (Lipinski definition) is 0. The number of hydrogen-bond acceptors (Lipinski definition) is 5. The van der Waals surface area contributed by atoms with Crippen LogP contribution in [0.1, 0.15) is 22.8 Å². The molecule has 7 heteroatoms. The van der Waals surface area contributed by atoms with Crippen LogP contribution in [0.5, 0.6) is 0 Å². The van der Waals surface area contributed by atoms with Crippen molar-refractivity contribution in [2.45, 2.75) is 27.3 Å². The van der Waals surface area contributed by atoms with Crippen molar-refractivity contribution in [1.82, 2.24) is 29.5 Å². The zero-order valence-electron chi connectivity index (χ0n) is 17.4. The van der Waals surface area contributed by atoms with Gasteiger partial charge >= 0.3 is 0 Å². The van der Waals surface area contributed by atoms with Crippen LogP contribution in [-0.4, -0.2) is 29.5 Å². The predicted octanol–water partition coefficient (Wildman–Crippen LogP) is 4.46. The standard InChI is InChI=1S/C23H22N6O/c1-14-10-15(2)29(26-14)13-17-6-5-7-18(11-17)22-25-23(30-27-22)19-8-9-21-20(12-19)24-16(3)28(21)4/h5-12H,13H2,1-4H3. The molecule has 3 heterocycles.